The summed E-state index contributed by atoms with van der Waals surface area (Å²) in [5.41, 5.74) is 2.73. The molecule has 1 aliphatic carbocycles. The highest BCUT2D eigenvalue weighted by Gasteiger charge is 2.19. The van der Waals surface area contributed by atoms with Crippen LogP contribution in [0.25, 0.3) is 0 Å². The van der Waals surface area contributed by atoms with E-state index in [0.717, 1.165) is 12.6 Å². The summed E-state index contributed by atoms with van der Waals surface area (Å²) in [4.78, 5) is 2.50. The average molecular weight is 274 g/mol. The number of rotatable bonds is 10. The van der Waals surface area contributed by atoms with E-state index in [9.17, 15) is 0 Å². The van der Waals surface area contributed by atoms with Gasteiger partial charge in [-0.2, -0.15) is 0 Å². The molecule has 2 nitrogen and oxygen atoms in total. The van der Waals surface area contributed by atoms with E-state index in [1.807, 2.05) is 0 Å². The standard InChI is InChI=1S/C18H30N2/c1-3-20(18-10-8-9-16(2)15-18)14-7-5-4-6-13-19-17-11-12-17/h8-10,15,17,19H,3-7,11-14H2,1-2H3. The summed E-state index contributed by atoms with van der Waals surface area (Å²) in [5.74, 6) is 0. The van der Waals surface area contributed by atoms with Gasteiger partial charge in [-0.3, -0.25) is 0 Å². The molecule has 0 saturated heterocycles. The minimum Gasteiger partial charge on any atom is -0.372 e. The van der Waals surface area contributed by atoms with Crippen molar-refractivity contribution in [1.82, 2.24) is 5.32 Å². The molecule has 0 radical (unpaired) electrons. The van der Waals surface area contributed by atoms with Crippen molar-refractivity contribution in [2.45, 2.75) is 58.4 Å². The van der Waals surface area contributed by atoms with Crippen molar-refractivity contribution in [2.75, 3.05) is 24.5 Å². The third-order valence-corrected chi connectivity index (χ3v) is 4.11. The first kappa shape index (κ1) is 15.4. The lowest BCUT2D eigenvalue weighted by molar-refractivity contribution is 0.582. The fourth-order valence-electron chi connectivity index (χ4n) is 2.67. The van der Waals surface area contributed by atoms with Crippen molar-refractivity contribution in [2.24, 2.45) is 0 Å². The molecular weight excluding hydrogens is 244 g/mol. The zero-order chi connectivity index (χ0) is 14.2. The van der Waals surface area contributed by atoms with Crippen LogP contribution in [-0.2, 0) is 0 Å². The summed E-state index contributed by atoms with van der Waals surface area (Å²) >= 11 is 0. The van der Waals surface area contributed by atoms with E-state index >= 15 is 0 Å². The zero-order valence-electron chi connectivity index (χ0n) is 13.2. The summed E-state index contributed by atoms with van der Waals surface area (Å²) in [5, 5.41) is 3.59. The first-order chi connectivity index (χ1) is 9.79. The van der Waals surface area contributed by atoms with Crippen molar-refractivity contribution in [3.8, 4) is 0 Å². The van der Waals surface area contributed by atoms with E-state index in [2.05, 4.69) is 48.3 Å². The number of nitrogens with zero attached hydrogens (tertiary/aromatic N) is 1. The predicted octanol–water partition coefficient (Wildman–Crippen LogP) is 4.13. The highest BCUT2D eigenvalue weighted by atomic mass is 15.1. The molecule has 0 spiro atoms. The van der Waals surface area contributed by atoms with Crippen LogP contribution in [0.3, 0.4) is 0 Å². The summed E-state index contributed by atoms with van der Waals surface area (Å²) in [6.07, 6.45) is 8.18. The van der Waals surface area contributed by atoms with Gasteiger partial charge in [-0.15, -0.1) is 0 Å². The quantitative estimate of drug-likeness (QED) is 0.645. The third-order valence-electron chi connectivity index (χ3n) is 4.11. The molecule has 0 atom stereocenters. The number of aryl methyl sites for hydroxylation is 1. The molecule has 2 heteroatoms. The fourth-order valence-corrected chi connectivity index (χ4v) is 2.67. The van der Waals surface area contributed by atoms with Crippen LogP contribution in [0, 0.1) is 6.92 Å². The third kappa shape index (κ3) is 5.54. The molecule has 1 N–H and O–H groups in total. The Morgan fingerprint density at radius 2 is 1.95 bits per heavy atom. The molecule has 1 aromatic rings. The number of hydrogen-bond acceptors (Lipinski definition) is 2. The number of nitrogens with one attached hydrogen (secondary N) is 1. The molecule has 0 bridgehead atoms. The van der Waals surface area contributed by atoms with E-state index in [4.69, 9.17) is 0 Å². The van der Waals surface area contributed by atoms with Gasteiger partial charge in [0.25, 0.3) is 0 Å². The van der Waals surface area contributed by atoms with Gasteiger partial charge in [0.05, 0.1) is 0 Å². The lowest BCUT2D eigenvalue weighted by atomic mass is 10.1. The number of hydrogen-bond donors (Lipinski definition) is 1. The van der Waals surface area contributed by atoms with Crippen molar-refractivity contribution in [1.29, 1.82) is 0 Å². The van der Waals surface area contributed by atoms with Crippen LogP contribution in [0.1, 0.15) is 51.0 Å². The Hall–Kier alpha value is -1.02. The molecule has 0 aromatic heterocycles. The lowest BCUT2D eigenvalue weighted by Gasteiger charge is -2.23. The van der Waals surface area contributed by atoms with Crippen LogP contribution in [0.2, 0.25) is 0 Å². The Bertz CT molecular complexity index is 385. The Balaban J connectivity index is 1.58. The van der Waals surface area contributed by atoms with Crippen LogP contribution in [0.4, 0.5) is 5.69 Å². The summed E-state index contributed by atoms with van der Waals surface area (Å²) in [6.45, 7) is 7.94. The van der Waals surface area contributed by atoms with Gasteiger partial charge in [0.1, 0.15) is 0 Å². The van der Waals surface area contributed by atoms with Crippen LogP contribution >= 0.6 is 0 Å². The average Bonchev–Trinajstić information content (AvgIpc) is 3.26. The minimum absolute atomic E-state index is 0.868. The van der Waals surface area contributed by atoms with Crippen molar-refractivity contribution < 1.29 is 0 Å². The van der Waals surface area contributed by atoms with Gasteiger partial charge in [-0.05, 0) is 63.8 Å². The maximum absolute atomic E-state index is 3.59. The lowest BCUT2D eigenvalue weighted by Crippen LogP contribution is -2.24. The van der Waals surface area contributed by atoms with Crippen molar-refractivity contribution in [3.05, 3.63) is 29.8 Å². The van der Waals surface area contributed by atoms with Crippen LogP contribution in [-0.4, -0.2) is 25.7 Å². The van der Waals surface area contributed by atoms with Crippen molar-refractivity contribution in [3.63, 3.8) is 0 Å². The molecule has 2 rings (SSSR count). The highest BCUT2D eigenvalue weighted by Crippen LogP contribution is 2.19. The van der Waals surface area contributed by atoms with E-state index in [1.54, 1.807) is 0 Å². The molecule has 1 aromatic carbocycles. The van der Waals surface area contributed by atoms with Gasteiger partial charge in [-0.1, -0.05) is 25.0 Å². The van der Waals surface area contributed by atoms with Gasteiger partial charge in [-0.25, -0.2) is 0 Å². The van der Waals surface area contributed by atoms with Crippen LogP contribution in [0.15, 0.2) is 24.3 Å². The first-order valence-electron chi connectivity index (χ1n) is 8.34. The Morgan fingerprint density at radius 1 is 1.15 bits per heavy atom. The minimum atomic E-state index is 0.868. The maximum Gasteiger partial charge on any atom is 0.0368 e. The monoisotopic (exact) mass is 274 g/mol. The van der Waals surface area contributed by atoms with Gasteiger partial charge < -0.3 is 10.2 Å². The number of anilines is 1. The molecule has 0 aliphatic heterocycles. The molecule has 1 fully saturated rings. The summed E-state index contributed by atoms with van der Waals surface area (Å²) in [6, 6.07) is 9.73. The number of benzene rings is 1. The van der Waals surface area contributed by atoms with Crippen molar-refractivity contribution >= 4 is 5.69 Å². The van der Waals surface area contributed by atoms with E-state index in [1.165, 1.54) is 62.9 Å². The number of unbranched alkanes of at least 4 members (excludes halogenated alkanes) is 3. The fraction of sp³-hybridized carbons (Fsp3) is 0.667. The summed E-state index contributed by atoms with van der Waals surface area (Å²) in [7, 11) is 0. The summed E-state index contributed by atoms with van der Waals surface area (Å²) < 4.78 is 0. The molecular formula is C18H30N2. The molecule has 20 heavy (non-hydrogen) atoms. The van der Waals surface area contributed by atoms with Gasteiger partial charge >= 0.3 is 0 Å². The normalized spacial score (nSPS) is 14.5. The van der Waals surface area contributed by atoms with Crippen LogP contribution in [0.5, 0.6) is 0 Å². The highest BCUT2D eigenvalue weighted by molar-refractivity contribution is 5.48. The second-order valence-corrected chi connectivity index (χ2v) is 6.06. The molecule has 0 amide bonds. The largest absolute Gasteiger partial charge is 0.372 e. The smallest absolute Gasteiger partial charge is 0.0368 e. The molecule has 0 unspecified atom stereocenters. The molecule has 0 heterocycles. The molecule has 1 saturated carbocycles. The Kier molecular flexibility index (Phi) is 6.38. The van der Waals surface area contributed by atoms with Gasteiger partial charge in [0.15, 0.2) is 0 Å². The SMILES string of the molecule is CCN(CCCCCCNC1CC1)c1cccc(C)c1. The van der Waals surface area contributed by atoms with E-state index in [-0.39, 0.29) is 0 Å². The zero-order valence-corrected chi connectivity index (χ0v) is 13.2. The first-order valence-corrected chi connectivity index (χ1v) is 8.34. The maximum atomic E-state index is 3.59. The van der Waals surface area contributed by atoms with E-state index < -0.39 is 0 Å². The molecule has 1 aliphatic rings. The topological polar surface area (TPSA) is 15.3 Å². The second-order valence-electron chi connectivity index (χ2n) is 6.06. The van der Waals surface area contributed by atoms with E-state index in [0.29, 0.717) is 0 Å². The second kappa shape index (κ2) is 8.31. The Labute approximate surface area is 124 Å². The van der Waals surface area contributed by atoms with Gasteiger partial charge in [0, 0.05) is 24.8 Å². The van der Waals surface area contributed by atoms with Crippen LogP contribution < -0.4 is 10.2 Å². The predicted molar refractivity (Wildman–Crippen MR) is 88.6 cm³/mol. The Morgan fingerprint density at radius 3 is 2.65 bits per heavy atom. The van der Waals surface area contributed by atoms with Gasteiger partial charge in [0.2, 0.25) is 0 Å². The molecule has 112 valence electrons.